The van der Waals surface area contributed by atoms with Gasteiger partial charge in [0.2, 0.25) is 11.7 Å². The van der Waals surface area contributed by atoms with Crippen molar-refractivity contribution in [3.63, 3.8) is 0 Å². The van der Waals surface area contributed by atoms with Crippen molar-refractivity contribution in [2.75, 3.05) is 12.0 Å². The number of aromatic nitrogens is 5. The maximum absolute atomic E-state index is 13.9. The van der Waals surface area contributed by atoms with Crippen LogP contribution in [-0.2, 0) is 16.1 Å². The van der Waals surface area contributed by atoms with Crippen LogP contribution in [0.25, 0.3) is 11.4 Å². The number of benzene rings is 2. The van der Waals surface area contributed by atoms with Crippen molar-refractivity contribution in [2.45, 2.75) is 38.9 Å². The lowest BCUT2D eigenvalue weighted by Crippen LogP contribution is -2.50. The lowest BCUT2D eigenvalue weighted by atomic mass is 10.0. The fraction of sp³-hybridized carbons (Fsp3) is 0.259. The summed E-state index contributed by atoms with van der Waals surface area (Å²) in [5.41, 5.74) is 1.01. The van der Waals surface area contributed by atoms with E-state index in [2.05, 4.69) is 25.7 Å². The lowest BCUT2D eigenvalue weighted by molar-refractivity contribution is -0.128. The van der Waals surface area contributed by atoms with E-state index in [1.54, 1.807) is 48.8 Å². The number of hydrogen-bond acceptors (Lipinski definition) is 7. The Morgan fingerprint density at radius 1 is 1.08 bits per heavy atom. The smallest absolute Gasteiger partial charge is 0.251 e. The number of rotatable bonds is 8. The van der Waals surface area contributed by atoms with Crippen LogP contribution < -0.4 is 15.0 Å². The predicted octanol–water partition coefficient (Wildman–Crippen LogP) is 3.57. The number of hydrogen-bond donors (Lipinski definition) is 1. The van der Waals surface area contributed by atoms with Gasteiger partial charge < -0.3 is 10.1 Å². The van der Waals surface area contributed by atoms with Gasteiger partial charge in [0.15, 0.2) is 0 Å². The van der Waals surface area contributed by atoms with Gasteiger partial charge in [0.1, 0.15) is 24.2 Å². The van der Waals surface area contributed by atoms with Gasteiger partial charge in [-0.05, 0) is 80.1 Å². The van der Waals surface area contributed by atoms with Gasteiger partial charge in [-0.1, -0.05) is 6.07 Å². The maximum Gasteiger partial charge on any atom is 0.251 e. The molecule has 1 atom stereocenters. The van der Waals surface area contributed by atoms with Gasteiger partial charge in [-0.3, -0.25) is 19.5 Å². The molecule has 4 rings (SSSR count). The Morgan fingerprint density at radius 2 is 1.79 bits per heavy atom. The van der Waals surface area contributed by atoms with Crippen LogP contribution in [0.2, 0.25) is 0 Å². The summed E-state index contributed by atoms with van der Waals surface area (Å²) in [7, 11) is 1.52. The number of nitrogens with one attached hydrogen (secondary N) is 1. The Kier molecular flexibility index (Phi) is 7.75. The number of carbonyl (C=O) groups is 2. The third-order valence-electron chi connectivity index (χ3n) is 5.46. The highest BCUT2D eigenvalue weighted by Crippen LogP contribution is 2.31. The molecule has 2 aromatic heterocycles. The summed E-state index contributed by atoms with van der Waals surface area (Å²) in [6.45, 7) is 5.28. The van der Waals surface area contributed by atoms with Gasteiger partial charge in [-0.15, -0.1) is 10.2 Å². The minimum Gasteiger partial charge on any atom is -0.497 e. The van der Waals surface area contributed by atoms with Crippen molar-refractivity contribution in [1.82, 2.24) is 30.5 Å². The van der Waals surface area contributed by atoms with E-state index < -0.39 is 17.5 Å². The van der Waals surface area contributed by atoms with Crippen LogP contribution in [0, 0.1) is 5.82 Å². The Balaban J connectivity index is 1.74. The molecule has 196 valence electrons. The predicted molar refractivity (Wildman–Crippen MR) is 139 cm³/mol. The SMILES string of the molecule is COc1cccc(N(C(=O)Cn2nnc(-c3ccc(F)cc3)n2)C(C(=O)NC(C)(C)C)c2ccncc2)c1. The first-order valence-corrected chi connectivity index (χ1v) is 11.9. The summed E-state index contributed by atoms with van der Waals surface area (Å²) in [4.78, 5) is 34.2. The summed E-state index contributed by atoms with van der Waals surface area (Å²) in [5, 5.41) is 15.3. The Hall–Kier alpha value is -4.67. The molecule has 2 amide bonds. The van der Waals surface area contributed by atoms with Crippen LogP contribution in [0.15, 0.2) is 73.1 Å². The first-order valence-electron chi connectivity index (χ1n) is 11.9. The molecular formula is C27H28FN7O3. The van der Waals surface area contributed by atoms with Gasteiger partial charge in [-0.2, -0.15) is 4.80 Å². The topological polar surface area (TPSA) is 115 Å². The molecule has 0 aliphatic heterocycles. The zero-order valence-electron chi connectivity index (χ0n) is 21.5. The van der Waals surface area contributed by atoms with Crippen molar-refractivity contribution >= 4 is 17.5 Å². The summed E-state index contributed by atoms with van der Waals surface area (Å²) < 4.78 is 18.7. The maximum atomic E-state index is 13.9. The zero-order chi connectivity index (χ0) is 27.3. The first kappa shape index (κ1) is 26.4. The molecule has 10 nitrogen and oxygen atoms in total. The van der Waals surface area contributed by atoms with Crippen molar-refractivity contribution in [2.24, 2.45) is 0 Å². The Morgan fingerprint density at radius 3 is 2.45 bits per heavy atom. The van der Waals surface area contributed by atoms with Crippen molar-refractivity contribution in [1.29, 1.82) is 0 Å². The van der Waals surface area contributed by atoms with E-state index in [0.717, 1.165) is 4.80 Å². The van der Waals surface area contributed by atoms with Crippen LogP contribution in [-0.4, -0.2) is 49.7 Å². The molecule has 1 N–H and O–H groups in total. The Bertz CT molecular complexity index is 1400. The average Bonchev–Trinajstić information content (AvgIpc) is 3.35. The highest BCUT2D eigenvalue weighted by Gasteiger charge is 2.35. The molecule has 0 radical (unpaired) electrons. The second-order valence-electron chi connectivity index (χ2n) is 9.54. The molecule has 38 heavy (non-hydrogen) atoms. The fourth-order valence-corrected chi connectivity index (χ4v) is 3.82. The fourth-order valence-electron chi connectivity index (χ4n) is 3.82. The number of halogens is 1. The van der Waals surface area contributed by atoms with Crippen LogP contribution in [0.3, 0.4) is 0 Å². The molecular weight excluding hydrogens is 489 g/mol. The molecule has 2 aromatic carbocycles. The van der Waals surface area contributed by atoms with E-state index in [1.807, 2.05) is 20.8 Å². The quantitative estimate of drug-likeness (QED) is 0.380. The summed E-state index contributed by atoms with van der Waals surface area (Å²) in [6.07, 6.45) is 3.13. The number of ether oxygens (including phenoxy) is 1. The average molecular weight is 518 g/mol. The molecule has 2 heterocycles. The number of pyridine rings is 1. The molecule has 11 heteroatoms. The first-order chi connectivity index (χ1) is 18.1. The number of methoxy groups -OCH3 is 1. The van der Waals surface area contributed by atoms with Crippen LogP contribution in [0.5, 0.6) is 5.75 Å². The lowest BCUT2D eigenvalue weighted by Gasteiger charge is -2.33. The van der Waals surface area contributed by atoms with Crippen molar-refractivity contribution in [3.8, 4) is 17.1 Å². The van der Waals surface area contributed by atoms with E-state index in [1.165, 1.54) is 36.3 Å². The van der Waals surface area contributed by atoms with Crippen LogP contribution in [0.1, 0.15) is 32.4 Å². The molecule has 0 bridgehead atoms. The standard InChI is InChI=1S/C27H28FN7O3/c1-27(2,3)30-26(37)24(18-12-14-29-15-13-18)35(21-6-5-7-22(16-21)38-4)23(36)17-34-32-25(31-33-34)19-8-10-20(28)11-9-19/h5-16,24H,17H2,1-4H3,(H,30,37). The highest BCUT2D eigenvalue weighted by atomic mass is 19.1. The summed E-state index contributed by atoms with van der Waals surface area (Å²) >= 11 is 0. The summed E-state index contributed by atoms with van der Waals surface area (Å²) in [5.74, 6) is -0.476. The molecule has 1 unspecified atom stereocenters. The van der Waals surface area contributed by atoms with E-state index in [9.17, 15) is 14.0 Å². The minimum atomic E-state index is -1.03. The van der Waals surface area contributed by atoms with E-state index in [4.69, 9.17) is 4.74 Å². The molecule has 0 saturated heterocycles. The number of tetrazole rings is 1. The van der Waals surface area contributed by atoms with E-state index in [-0.39, 0.29) is 24.1 Å². The summed E-state index contributed by atoms with van der Waals surface area (Å²) in [6, 6.07) is 14.9. The van der Waals surface area contributed by atoms with Gasteiger partial charge >= 0.3 is 0 Å². The number of amides is 2. The minimum absolute atomic E-state index is 0.238. The third-order valence-corrected chi connectivity index (χ3v) is 5.46. The molecule has 0 spiro atoms. The monoisotopic (exact) mass is 517 g/mol. The third kappa shape index (κ3) is 6.36. The zero-order valence-corrected chi connectivity index (χ0v) is 21.5. The Labute approximate surface area is 219 Å². The van der Waals surface area contributed by atoms with Crippen molar-refractivity contribution < 1.29 is 18.7 Å². The van der Waals surface area contributed by atoms with Crippen LogP contribution >= 0.6 is 0 Å². The molecule has 0 aliphatic rings. The second kappa shape index (κ2) is 11.2. The number of carbonyl (C=O) groups excluding carboxylic acids is 2. The van der Waals surface area contributed by atoms with Crippen molar-refractivity contribution in [3.05, 3.63) is 84.4 Å². The van der Waals surface area contributed by atoms with Gasteiger partial charge in [0, 0.05) is 35.2 Å². The largest absolute Gasteiger partial charge is 0.497 e. The molecule has 0 aliphatic carbocycles. The molecule has 4 aromatic rings. The highest BCUT2D eigenvalue weighted by molar-refractivity contribution is 6.01. The molecule has 0 saturated carbocycles. The van der Waals surface area contributed by atoms with Gasteiger partial charge in [0.25, 0.3) is 5.91 Å². The number of anilines is 1. The van der Waals surface area contributed by atoms with Gasteiger partial charge in [0.05, 0.1) is 7.11 Å². The molecule has 0 fully saturated rings. The normalized spacial score (nSPS) is 12.0. The van der Waals surface area contributed by atoms with E-state index >= 15 is 0 Å². The van der Waals surface area contributed by atoms with E-state index in [0.29, 0.717) is 22.6 Å². The number of nitrogens with zero attached hydrogens (tertiary/aromatic N) is 6. The van der Waals surface area contributed by atoms with Gasteiger partial charge in [-0.25, -0.2) is 4.39 Å². The second-order valence-corrected chi connectivity index (χ2v) is 9.54. The van der Waals surface area contributed by atoms with Crippen LogP contribution in [0.4, 0.5) is 10.1 Å².